The first-order valence-corrected chi connectivity index (χ1v) is 5.52. The summed E-state index contributed by atoms with van der Waals surface area (Å²) >= 11 is 0. The maximum absolute atomic E-state index is 11.0. The molecule has 0 aromatic carbocycles. The van der Waals surface area contributed by atoms with E-state index in [1.807, 2.05) is 6.07 Å². The summed E-state index contributed by atoms with van der Waals surface area (Å²) in [5.74, 6) is 0.930. The number of carbonyl (C=O) groups excluding carboxylic acids is 1. The average molecular weight is 220 g/mol. The Morgan fingerprint density at radius 3 is 3.00 bits per heavy atom. The normalized spacial score (nSPS) is 15.8. The molecule has 0 atom stereocenters. The predicted octanol–water partition coefficient (Wildman–Crippen LogP) is 0.682. The molecule has 0 aliphatic carbocycles. The van der Waals surface area contributed by atoms with Gasteiger partial charge in [-0.05, 0) is 18.1 Å². The molecule has 1 aromatic heterocycles. The van der Waals surface area contributed by atoms with Crippen LogP contribution in [0.4, 0.5) is 5.82 Å². The van der Waals surface area contributed by atoms with E-state index in [9.17, 15) is 4.79 Å². The third-order valence-corrected chi connectivity index (χ3v) is 2.80. The fourth-order valence-electron chi connectivity index (χ4n) is 1.71. The highest BCUT2D eigenvalue weighted by Crippen LogP contribution is 2.14. The Morgan fingerprint density at radius 1 is 1.62 bits per heavy atom. The molecule has 16 heavy (non-hydrogen) atoms. The Labute approximate surface area is 94.9 Å². The van der Waals surface area contributed by atoms with Gasteiger partial charge >= 0.3 is 0 Å². The predicted molar refractivity (Wildman–Crippen MR) is 61.1 cm³/mol. The number of nitrogens with zero attached hydrogens (tertiary/aromatic N) is 3. The van der Waals surface area contributed by atoms with E-state index in [0.29, 0.717) is 6.04 Å². The van der Waals surface area contributed by atoms with Gasteiger partial charge in [-0.2, -0.15) is 5.10 Å². The number of anilines is 1. The lowest BCUT2D eigenvalue weighted by Crippen LogP contribution is -2.56. The molecule has 1 amide bonds. The second kappa shape index (κ2) is 4.47. The summed E-state index contributed by atoms with van der Waals surface area (Å²) < 4.78 is 0. The molecule has 5 nitrogen and oxygen atoms in total. The summed E-state index contributed by atoms with van der Waals surface area (Å²) in [5.41, 5.74) is 1.17. The number of aromatic nitrogens is 2. The van der Waals surface area contributed by atoms with Crippen LogP contribution < -0.4 is 5.32 Å². The van der Waals surface area contributed by atoms with Crippen LogP contribution in [-0.2, 0) is 11.2 Å². The summed E-state index contributed by atoms with van der Waals surface area (Å²) in [4.78, 5) is 12.8. The van der Waals surface area contributed by atoms with Crippen molar-refractivity contribution in [1.29, 1.82) is 0 Å². The van der Waals surface area contributed by atoms with E-state index in [0.717, 1.165) is 25.3 Å². The van der Waals surface area contributed by atoms with Crippen LogP contribution in [-0.4, -0.2) is 40.1 Å². The molecule has 1 aliphatic heterocycles. The molecule has 0 spiro atoms. The van der Waals surface area contributed by atoms with Crippen molar-refractivity contribution >= 4 is 11.7 Å². The second-order valence-corrected chi connectivity index (χ2v) is 4.07. The maximum atomic E-state index is 11.0. The Hall–Kier alpha value is -1.65. The lowest BCUT2D eigenvalue weighted by molar-refractivity contribution is -0.132. The van der Waals surface area contributed by atoms with Gasteiger partial charge in [0.25, 0.3) is 0 Å². The zero-order chi connectivity index (χ0) is 11.5. The molecule has 2 rings (SSSR count). The molecule has 0 bridgehead atoms. The quantitative estimate of drug-likeness (QED) is 0.814. The average Bonchev–Trinajstić information content (AvgIpc) is 2.22. The van der Waals surface area contributed by atoms with Crippen LogP contribution in [0.3, 0.4) is 0 Å². The van der Waals surface area contributed by atoms with E-state index in [2.05, 4.69) is 22.4 Å². The number of carbonyl (C=O) groups is 1. The highest BCUT2D eigenvalue weighted by molar-refractivity contribution is 5.74. The number of hydrogen-bond donors (Lipinski definition) is 1. The van der Waals surface area contributed by atoms with Crippen molar-refractivity contribution in [3.8, 4) is 0 Å². The fourth-order valence-corrected chi connectivity index (χ4v) is 1.71. The van der Waals surface area contributed by atoms with Gasteiger partial charge in [0.15, 0.2) is 0 Å². The van der Waals surface area contributed by atoms with Crippen molar-refractivity contribution in [1.82, 2.24) is 15.1 Å². The van der Waals surface area contributed by atoms with E-state index in [1.165, 1.54) is 5.56 Å². The van der Waals surface area contributed by atoms with Gasteiger partial charge < -0.3 is 10.2 Å². The highest BCUT2D eigenvalue weighted by atomic mass is 16.2. The second-order valence-electron chi connectivity index (χ2n) is 4.07. The van der Waals surface area contributed by atoms with E-state index >= 15 is 0 Å². The van der Waals surface area contributed by atoms with Crippen molar-refractivity contribution in [3.05, 3.63) is 17.8 Å². The van der Waals surface area contributed by atoms with Crippen molar-refractivity contribution in [2.75, 3.05) is 18.4 Å². The molecule has 0 radical (unpaired) electrons. The Kier molecular flexibility index (Phi) is 3.03. The van der Waals surface area contributed by atoms with Crippen LogP contribution in [0.25, 0.3) is 0 Å². The molecule has 86 valence electrons. The first kappa shape index (κ1) is 10.9. The van der Waals surface area contributed by atoms with Gasteiger partial charge in [0, 0.05) is 20.0 Å². The number of likely N-dealkylation sites (tertiary alicyclic amines) is 1. The van der Waals surface area contributed by atoms with Crippen LogP contribution >= 0.6 is 0 Å². The van der Waals surface area contributed by atoms with E-state index in [-0.39, 0.29) is 5.91 Å². The van der Waals surface area contributed by atoms with E-state index in [1.54, 1.807) is 18.0 Å². The summed E-state index contributed by atoms with van der Waals surface area (Å²) in [7, 11) is 0. The zero-order valence-corrected chi connectivity index (χ0v) is 9.60. The van der Waals surface area contributed by atoms with Crippen LogP contribution in [0.15, 0.2) is 12.3 Å². The largest absolute Gasteiger partial charge is 0.362 e. The number of nitrogens with one attached hydrogen (secondary N) is 1. The van der Waals surface area contributed by atoms with Crippen LogP contribution in [0.2, 0.25) is 0 Å². The van der Waals surface area contributed by atoms with Gasteiger partial charge in [-0.15, -0.1) is 5.10 Å². The third-order valence-electron chi connectivity index (χ3n) is 2.80. The lowest BCUT2D eigenvalue weighted by Gasteiger charge is -2.39. The fraction of sp³-hybridized carbons (Fsp3) is 0.545. The molecule has 1 aromatic rings. The minimum Gasteiger partial charge on any atom is -0.362 e. The molecule has 1 aliphatic rings. The van der Waals surface area contributed by atoms with Gasteiger partial charge in [0.2, 0.25) is 5.91 Å². The Bertz CT molecular complexity index is 387. The maximum Gasteiger partial charge on any atom is 0.219 e. The highest BCUT2D eigenvalue weighted by Gasteiger charge is 2.28. The standard InChI is InChI=1S/C11H16N4O/c1-3-9-4-11(14-12-5-9)13-10-6-15(7-10)8(2)16/h4-5,10H,3,6-7H2,1-2H3,(H,13,14). The van der Waals surface area contributed by atoms with Crippen molar-refractivity contribution in [2.24, 2.45) is 0 Å². The first-order chi connectivity index (χ1) is 7.69. The summed E-state index contributed by atoms with van der Waals surface area (Å²) in [6, 6.07) is 2.31. The third kappa shape index (κ3) is 2.29. The SMILES string of the molecule is CCc1cnnc(NC2CN(C(C)=O)C2)c1. The minimum atomic E-state index is 0.131. The van der Waals surface area contributed by atoms with Crippen LogP contribution in [0.1, 0.15) is 19.4 Å². The Morgan fingerprint density at radius 2 is 2.38 bits per heavy atom. The summed E-state index contributed by atoms with van der Waals surface area (Å²) in [6.07, 6.45) is 2.72. The summed E-state index contributed by atoms with van der Waals surface area (Å²) in [6.45, 7) is 5.19. The van der Waals surface area contributed by atoms with Crippen LogP contribution in [0, 0.1) is 0 Å². The van der Waals surface area contributed by atoms with Crippen molar-refractivity contribution < 1.29 is 4.79 Å². The number of rotatable bonds is 3. The molecule has 0 saturated carbocycles. The molecule has 2 heterocycles. The molecule has 1 saturated heterocycles. The van der Waals surface area contributed by atoms with Gasteiger partial charge in [-0.25, -0.2) is 0 Å². The summed E-state index contributed by atoms with van der Waals surface area (Å²) in [5, 5.41) is 11.2. The first-order valence-electron chi connectivity index (χ1n) is 5.52. The molecule has 1 fully saturated rings. The zero-order valence-electron chi connectivity index (χ0n) is 9.60. The van der Waals surface area contributed by atoms with Gasteiger partial charge in [-0.1, -0.05) is 6.92 Å². The molecular weight excluding hydrogens is 204 g/mol. The molecular formula is C11H16N4O. The van der Waals surface area contributed by atoms with E-state index < -0.39 is 0 Å². The van der Waals surface area contributed by atoms with Gasteiger partial charge in [0.1, 0.15) is 5.82 Å². The number of amides is 1. The lowest BCUT2D eigenvalue weighted by atomic mass is 10.1. The molecule has 1 N–H and O–H groups in total. The van der Waals surface area contributed by atoms with Crippen LogP contribution in [0.5, 0.6) is 0 Å². The molecule has 5 heteroatoms. The van der Waals surface area contributed by atoms with Crippen molar-refractivity contribution in [2.45, 2.75) is 26.3 Å². The Balaban J connectivity index is 1.89. The topological polar surface area (TPSA) is 58.1 Å². The monoisotopic (exact) mass is 220 g/mol. The number of hydrogen-bond acceptors (Lipinski definition) is 4. The smallest absolute Gasteiger partial charge is 0.219 e. The van der Waals surface area contributed by atoms with Gasteiger partial charge in [0.05, 0.1) is 12.2 Å². The van der Waals surface area contributed by atoms with Gasteiger partial charge in [-0.3, -0.25) is 4.79 Å². The molecule has 0 unspecified atom stereocenters. The van der Waals surface area contributed by atoms with E-state index in [4.69, 9.17) is 0 Å². The number of aryl methyl sites for hydroxylation is 1. The minimum absolute atomic E-state index is 0.131. The van der Waals surface area contributed by atoms with Crippen molar-refractivity contribution in [3.63, 3.8) is 0 Å².